The molecule has 130 valence electrons. The number of halogens is 1. The van der Waals surface area contributed by atoms with Crippen LogP contribution in [-0.4, -0.2) is 17.9 Å². The summed E-state index contributed by atoms with van der Waals surface area (Å²) in [6, 6.07) is 15.7. The molecule has 2 aliphatic rings. The van der Waals surface area contributed by atoms with Crippen molar-refractivity contribution in [2.75, 3.05) is 7.11 Å². The second-order valence-corrected chi connectivity index (χ2v) is 7.73. The van der Waals surface area contributed by atoms with E-state index in [0.717, 1.165) is 23.3 Å². The molecule has 0 bridgehead atoms. The van der Waals surface area contributed by atoms with Gasteiger partial charge in [-0.3, -0.25) is 4.79 Å². The third-order valence-electron chi connectivity index (χ3n) is 5.49. The molecule has 1 spiro atoms. The summed E-state index contributed by atoms with van der Waals surface area (Å²) >= 11 is 6.11. The quantitative estimate of drug-likeness (QED) is 0.753. The zero-order valence-electron chi connectivity index (χ0n) is 14.4. The summed E-state index contributed by atoms with van der Waals surface area (Å²) < 4.78 is 5.22. The Balaban J connectivity index is 1.52. The van der Waals surface area contributed by atoms with Crippen LogP contribution in [0.25, 0.3) is 0 Å². The maximum Gasteiger partial charge on any atom is 0.226 e. The fourth-order valence-corrected chi connectivity index (χ4v) is 3.86. The smallest absolute Gasteiger partial charge is 0.226 e. The summed E-state index contributed by atoms with van der Waals surface area (Å²) in [7, 11) is 1.66. The van der Waals surface area contributed by atoms with E-state index in [1.165, 1.54) is 12.8 Å². The Morgan fingerprint density at radius 3 is 2.48 bits per heavy atom. The van der Waals surface area contributed by atoms with Crippen LogP contribution in [-0.2, 0) is 17.9 Å². The Bertz CT molecular complexity index is 783. The van der Waals surface area contributed by atoms with Gasteiger partial charge in [0.05, 0.1) is 7.11 Å². The van der Waals surface area contributed by atoms with Crippen LogP contribution in [0.4, 0.5) is 0 Å². The van der Waals surface area contributed by atoms with Crippen LogP contribution in [0.1, 0.15) is 30.4 Å². The number of rotatable bonds is 6. The first-order valence-electron chi connectivity index (χ1n) is 8.76. The maximum atomic E-state index is 13.0. The topological polar surface area (TPSA) is 29.5 Å². The minimum absolute atomic E-state index is 0.227. The number of carbonyl (C=O) groups excluding carboxylic acids is 1. The molecule has 0 heterocycles. The number of hydrogen-bond acceptors (Lipinski definition) is 2. The first-order valence-corrected chi connectivity index (χ1v) is 9.14. The van der Waals surface area contributed by atoms with Gasteiger partial charge in [0.1, 0.15) is 5.75 Å². The first-order chi connectivity index (χ1) is 12.1. The summed E-state index contributed by atoms with van der Waals surface area (Å²) in [5.41, 5.74) is 2.55. The van der Waals surface area contributed by atoms with Gasteiger partial charge in [0.25, 0.3) is 0 Å². The summed E-state index contributed by atoms with van der Waals surface area (Å²) in [5, 5.41) is 0.708. The molecule has 0 N–H and O–H groups in total. The van der Waals surface area contributed by atoms with Crippen LogP contribution in [0.3, 0.4) is 0 Å². The molecule has 1 amide bonds. The average molecular weight is 356 g/mol. The molecule has 2 fully saturated rings. The van der Waals surface area contributed by atoms with Crippen LogP contribution in [0.5, 0.6) is 5.75 Å². The molecule has 25 heavy (non-hydrogen) atoms. The first kappa shape index (κ1) is 16.5. The highest BCUT2D eigenvalue weighted by Gasteiger charge is 2.66. The van der Waals surface area contributed by atoms with Crippen molar-refractivity contribution in [2.45, 2.75) is 32.4 Å². The lowest BCUT2D eigenvalue weighted by molar-refractivity contribution is -0.134. The molecule has 2 saturated carbocycles. The molecule has 2 aromatic rings. The second-order valence-electron chi connectivity index (χ2n) is 7.29. The predicted molar refractivity (Wildman–Crippen MR) is 98.5 cm³/mol. The van der Waals surface area contributed by atoms with Gasteiger partial charge in [-0.1, -0.05) is 35.9 Å². The van der Waals surface area contributed by atoms with Crippen LogP contribution >= 0.6 is 11.6 Å². The van der Waals surface area contributed by atoms with E-state index in [1.807, 2.05) is 53.4 Å². The van der Waals surface area contributed by atoms with E-state index < -0.39 is 0 Å². The van der Waals surface area contributed by atoms with Gasteiger partial charge in [0.2, 0.25) is 5.91 Å². The second kappa shape index (κ2) is 6.38. The zero-order valence-corrected chi connectivity index (χ0v) is 15.1. The van der Waals surface area contributed by atoms with E-state index in [-0.39, 0.29) is 11.8 Å². The molecular weight excluding hydrogens is 334 g/mol. The van der Waals surface area contributed by atoms with E-state index in [4.69, 9.17) is 16.3 Å². The number of carbonyl (C=O) groups is 1. The van der Waals surface area contributed by atoms with Crippen molar-refractivity contribution in [1.29, 1.82) is 0 Å². The molecule has 0 radical (unpaired) electrons. The monoisotopic (exact) mass is 355 g/mol. The number of amides is 1. The number of nitrogens with zero attached hydrogens (tertiary/aromatic N) is 1. The molecule has 3 nitrogen and oxygen atoms in total. The Morgan fingerprint density at radius 2 is 1.88 bits per heavy atom. The lowest BCUT2D eigenvalue weighted by Gasteiger charge is -2.24. The van der Waals surface area contributed by atoms with E-state index in [2.05, 4.69) is 0 Å². The van der Waals surface area contributed by atoms with E-state index in [0.29, 0.717) is 23.5 Å². The van der Waals surface area contributed by atoms with Gasteiger partial charge in [-0.05, 0) is 60.1 Å². The fourth-order valence-electron chi connectivity index (χ4n) is 3.65. The zero-order chi connectivity index (χ0) is 17.4. The minimum Gasteiger partial charge on any atom is -0.497 e. The third-order valence-corrected chi connectivity index (χ3v) is 5.72. The van der Waals surface area contributed by atoms with Gasteiger partial charge in [-0.25, -0.2) is 0 Å². The number of ether oxygens (including phenoxy) is 1. The molecule has 0 saturated heterocycles. The summed E-state index contributed by atoms with van der Waals surface area (Å²) in [6.07, 6.45) is 3.51. The average Bonchev–Trinajstić information content (AvgIpc) is 3.54. The lowest BCUT2D eigenvalue weighted by atomic mass is 10.1. The summed E-state index contributed by atoms with van der Waals surface area (Å²) in [6.45, 7) is 1.21. The molecule has 0 aliphatic heterocycles. The standard InChI is InChI=1S/C21H22ClNO2/c1-25-18-7-5-15(6-8-18)13-23(14-16-3-2-4-17(22)11-16)20(24)19-12-21(19)9-10-21/h2-8,11,19H,9-10,12-14H2,1H3. The van der Waals surface area contributed by atoms with E-state index >= 15 is 0 Å². The highest BCUT2D eigenvalue weighted by molar-refractivity contribution is 6.30. The van der Waals surface area contributed by atoms with Crippen LogP contribution in [0, 0.1) is 11.3 Å². The van der Waals surface area contributed by atoms with Crippen LogP contribution in [0.15, 0.2) is 48.5 Å². The number of hydrogen-bond donors (Lipinski definition) is 0. The predicted octanol–water partition coefficient (Wildman–Crippen LogP) is 4.68. The van der Waals surface area contributed by atoms with Crippen LogP contribution in [0.2, 0.25) is 5.02 Å². The minimum atomic E-state index is 0.227. The molecule has 2 aliphatic carbocycles. The Kier molecular flexibility index (Phi) is 4.20. The largest absolute Gasteiger partial charge is 0.497 e. The van der Waals surface area contributed by atoms with Crippen molar-refractivity contribution < 1.29 is 9.53 Å². The summed E-state index contributed by atoms with van der Waals surface area (Å²) in [4.78, 5) is 15.0. The van der Waals surface area contributed by atoms with Gasteiger partial charge in [-0.2, -0.15) is 0 Å². The van der Waals surface area contributed by atoms with Crippen molar-refractivity contribution >= 4 is 17.5 Å². The van der Waals surface area contributed by atoms with Gasteiger partial charge in [0, 0.05) is 24.0 Å². The van der Waals surface area contributed by atoms with Gasteiger partial charge in [-0.15, -0.1) is 0 Å². The molecule has 2 aromatic carbocycles. The van der Waals surface area contributed by atoms with Crippen molar-refractivity contribution in [2.24, 2.45) is 11.3 Å². The van der Waals surface area contributed by atoms with Gasteiger partial charge >= 0.3 is 0 Å². The Morgan fingerprint density at radius 1 is 1.16 bits per heavy atom. The van der Waals surface area contributed by atoms with Crippen molar-refractivity contribution in [3.63, 3.8) is 0 Å². The highest BCUT2D eigenvalue weighted by Crippen LogP contribution is 2.71. The third kappa shape index (κ3) is 3.52. The lowest BCUT2D eigenvalue weighted by Crippen LogP contribution is -2.32. The normalized spacial score (nSPS) is 19.5. The maximum absolute atomic E-state index is 13.0. The number of methoxy groups -OCH3 is 1. The van der Waals surface area contributed by atoms with Gasteiger partial charge in [0.15, 0.2) is 0 Å². The SMILES string of the molecule is COc1ccc(CN(Cc2cccc(Cl)c2)C(=O)C2CC23CC3)cc1. The van der Waals surface area contributed by atoms with Crippen molar-refractivity contribution in [1.82, 2.24) is 4.90 Å². The molecule has 4 rings (SSSR count). The Labute approximate surface area is 153 Å². The van der Waals surface area contributed by atoms with Crippen LogP contribution < -0.4 is 4.74 Å². The van der Waals surface area contributed by atoms with E-state index in [9.17, 15) is 4.79 Å². The molecule has 0 aromatic heterocycles. The van der Waals surface area contributed by atoms with Crippen molar-refractivity contribution in [3.05, 3.63) is 64.7 Å². The van der Waals surface area contributed by atoms with Crippen molar-refractivity contribution in [3.8, 4) is 5.75 Å². The Hall–Kier alpha value is -2.00. The fraction of sp³-hybridized carbons (Fsp3) is 0.381. The van der Waals surface area contributed by atoms with Gasteiger partial charge < -0.3 is 9.64 Å². The molecular formula is C21H22ClNO2. The van der Waals surface area contributed by atoms with E-state index in [1.54, 1.807) is 7.11 Å². The molecule has 1 atom stereocenters. The number of benzene rings is 2. The molecule has 4 heteroatoms. The summed E-state index contributed by atoms with van der Waals surface area (Å²) in [5.74, 6) is 1.34. The molecule has 1 unspecified atom stereocenters. The highest BCUT2D eigenvalue weighted by atomic mass is 35.5.